The molecule has 2 aromatic rings. The Morgan fingerprint density at radius 1 is 1.21 bits per heavy atom. The molecule has 2 rings (SSSR count). The van der Waals surface area contributed by atoms with E-state index < -0.39 is 0 Å². The van der Waals surface area contributed by atoms with E-state index in [0.717, 1.165) is 23.7 Å². The van der Waals surface area contributed by atoms with Gasteiger partial charge >= 0.3 is 0 Å². The highest BCUT2D eigenvalue weighted by Crippen LogP contribution is 2.14. The van der Waals surface area contributed by atoms with Crippen LogP contribution in [0.25, 0.3) is 5.69 Å². The monoisotopic (exact) mass is 262 g/mol. The summed E-state index contributed by atoms with van der Waals surface area (Å²) in [5.74, 6) is 0.824. The molecule has 1 N–H and O–H groups in total. The average molecular weight is 262 g/mol. The van der Waals surface area contributed by atoms with Gasteiger partial charge in [-0.1, -0.05) is 5.21 Å². The summed E-state index contributed by atoms with van der Waals surface area (Å²) in [4.78, 5) is 0. The van der Waals surface area contributed by atoms with Crippen molar-refractivity contribution in [2.75, 3.05) is 27.4 Å². The van der Waals surface area contributed by atoms with Crippen LogP contribution in [0.2, 0.25) is 0 Å². The predicted octanol–water partition coefficient (Wildman–Crippen LogP) is 1.01. The van der Waals surface area contributed by atoms with Crippen molar-refractivity contribution in [1.29, 1.82) is 0 Å². The molecule has 0 unspecified atom stereocenters. The van der Waals surface area contributed by atoms with Gasteiger partial charge in [0, 0.05) is 20.2 Å². The average Bonchev–Trinajstić information content (AvgIpc) is 2.92. The molecule has 0 aliphatic rings. The molecule has 0 bridgehead atoms. The van der Waals surface area contributed by atoms with E-state index in [2.05, 4.69) is 15.6 Å². The molecular formula is C13H18N4O2. The van der Waals surface area contributed by atoms with Crippen molar-refractivity contribution in [2.24, 2.45) is 0 Å². The van der Waals surface area contributed by atoms with Gasteiger partial charge in [0.15, 0.2) is 0 Å². The van der Waals surface area contributed by atoms with E-state index in [1.165, 1.54) is 0 Å². The molecule has 0 radical (unpaired) electrons. The molecule has 102 valence electrons. The lowest BCUT2D eigenvalue weighted by Crippen LogP contribution is -2.18. The van der Waals surface area contributed by atoms with Crippen molar-refractivity contribution in [3.05, 3.63) is 36.2 Å². The maximum absolute atomic E-state index is 5.12. The number of nitrogens with zero attached hydrogens (tertiary/aromatic N) is 3. The molecule has 6 heteroatoms. The van der Waals surface area contributed by atoms with Gasteiger partial charge in [-0.15, -0.1) is 5.10 Å². The van der Waals surface area contributed by atoms with E-state index in [9.17, 15) is 0 Å². The number of hydrogen-bond donors (Lipinski definition) is 1. The second-order valence-corrected chi connectivity index (χ2v) is 4.02. The summed E-state index contributed by atoms with van der Waals surface area (Å²) in [7, 11) is 3.33. The second kappa shape index (κ2) is 6.86. The highest BCUT2D eigenvalue weighted by molar-refractivity contribution is 5.36. The van der Waals surface area contributed by atoms with E-state index >= 15 is 0 Å². The number of benzene rings is 1. The first kappa shape index (κ1) is 13.5. The minimum Gasteiger partial charge on any atom is -0.497 e. The van der Waals surface area contributed by atoms with Gasteiger partial charge in [-0.25, -0.2) is 4.68 Å². The first-order valence-electron chi connectivity index (χ1n) is 6.09. The molecule has 1 aromatic carbocycles. The third-order valence-electron chi connectivity index (χ3n) is 2.67. The molecule has 0 atom stereocenters. The largest absolute Gasteiger partial charge is 0.497 e. The van der Waals surface area contributed by atoms with E-state index in [-0.39, 0.29) is 0 Å². The van der Waals surface area contributed by atoms with Gasteiger partial charge in [0.1, 0.15) is 5.75 Å². The minimum atomic E-state index is 0.680. The lowest BCUT2D eigenvalue weighted by atomic mass is 10.3. The summed E-state index contributed by atoms with van der Waals surface area (Å²) in [5.41, 5.74) is 1.85. The van der Waals surface area contributed by atoms with Crippen LogP contribution in [0.4, 0.5) is 0 Å². The molecule has 0 saturated heterocycles. The molecular weight excluding hydrogens is 244 g/mol. The van der Waals surface area contributed by atoms with Gasteiger partial charge in [0.2, 0.25) is 0 Å². The summed E-state index contributed by atoms with van der Waals surface area (Å²) >= 11 is 0. The van der Waals surface area contributed by atoms with Crippen LogP contribution >= 0.6 is 0 Å². The maximum Gasteiger partial charge on any atom is 0.119 e. The zero-order valence-electron chi connectivity index (χ0n) is 11.2. The third kappa shape index (κ3) is 3.77. The fourth-order valence-electron chi connectivity index (χ4n) is 1.63. The Bertz CT molecular complexity index is 496. The number of methoxy groups -OCH3 is 2. The predicted molar refractivity (Wildman–Crippen MR) is 71.5 cm³/mol. The Morgan fingerprint density at radius 2 is 2.00 bits per heavy atom. The SMILES string of the molecule is COCCNCc1cn(-c2ccc(OC)cc2)nn1. The Morgan fingerprint density at radius 3 is 2.68 bits per heavy atom. The van der Waals surface area contributed by atoms with Crippen molar-refractivity contribution < 1.29 is 9.47 Å². The number of ether oxygens (including phenoxy) is 2. The van der Waals surface area contributed by atoms with Crippen molar-refractivity contribution in [2.45, 2.75) is 6.54 Å². The molecule has 0 aliphatic carbocycles. The van der Waals surface area contributed by atoms with Gasteiger partial charge in [-0.3, -0.25) is 0 Å². The quantitative estimate of drug-likeness (QED) is 0.755. The Kier molecular flexibility index (Phi) is 4.88. The Balaban J connectivity index is 1.95. The van der Waals surface area contributed by atoms with E-state index in [0.29, 0.717) is 13.2 Å². The highest BCUT2D eigenvalue weighted by Gasteiger charge is 2.02. The van der Waals surface area contributed by atoms with Gasteiger partial charge in [-0.05, 0) is 24.3 Å². The second-order valence-electron chi connectivity index (χ2n) is 4.02. The van der Waals surface area contributed by atoms with Crippen molar-refractivity contribution in [3.8, 4) is 11.4 Å². The number of hydrogen-bond acceptors (Lipinski definition) is 5. The fourth-order valence-corrected chi connectivity index (χ4v) is 1.63. The summed E-state index contributed by atoms with van der Waals surface area (Å²) in [6, 6.07) is 7.67. The lowest BCUT2D eigenvalue weighted by Gasteiger charge is -2.02. The summed E-state index contributed by atoms with van der Waals surface area (Å²) in [6.07, 6.45) is 1.90. The molecule has 1 aromatic heterocycles. The number of rotatable bonds is 7. The van der Waals surface area contributed by atoms with E-state index in [1.807, 2.05) is 30.5 Å². The number of nitrogens with one attached hydrogen (secondary N) is 1. The minimum absolute atomic E-state index is 0.680. The third-order valence-corrected chi connectivity index (χ3v) is 2.67. The molecule has 1 heterocycles. The van der Waals surface area contributed by atoms with Crippen LogP contribution in [0.3, 0.4) is 0 Å². The lowest BCUT2D eigenvalue weighted by molar-refractivity contribution is 0.199. The molecule has 19 heavy (non-hydrogen) atoms. The summed E-state index contributed by atoms with van der Waals surface area (Å²) in [5, 5.41) is 11.4. The normalized spacial score (nSPS) is 10.6. The smallest absolute Gasteiger partial charge is 0.119 e. The molecule has 0 aliphatic heterocycles. The summed E-state index contributed by atoms with van der Waals surface area (Å²) < 4.78 is 11.8. The highest BCUT2D eigenvalue weighted by atomic mass is 16.5. The van der Waals surface area contributed by atoms with Crippen molar-refractivity contribution in [3.63, 3.8) is 0 Å². The van der Waals surface area contributed by atoms with Crippen LogP contribution in [-0.2, 0) is 11.3 Å². The van der Waals surface area contributed by atoms with Crippen LogP contribution in [0.15, 0.2) is 30.5 Å². The molecule has 0 saturated carbocycles. The summed E-state index contributed by atoms with van der Waals surface area (Å²) in [6.45, 7) is 2.16. The van der Waals surface area contributed by atoms with Crippen LogP contribution in [-0.4, -0.2) is 42.4 Å². The molecule has 0 fully saturated rings. The van der Waals surface area contributed by atoms with Crippen LogP contribution in [0, 0.1) is 0 Å². The first-order valence-corrected chi connectivity index (χ1v) is 6.09. The van der Waals surface area contributed by atoms with E-state index in [4.69, 9.17) is 9.47 Å². The first-order chi connectivity index (χ1) is 9.33. The van der Waals surface area contributed by atoms with Gasteiger partial charge < -0.3 is 14.8 Å². The van der Waals surface area contributed by atoms with Gasteiger partial charge in [0.25, 0.3) is 0 Å². The van der Waals surface area contributed by atoms with Crippen LogP contribution < -0.4 is 10.1 Å². The maximum atomic E-state index is 5.12. The standard InChI is InChI=1S/C13H18N4O2/c1-18-8-7-14-9-11-10-17(16-15-11)12-3-5-13(19-2)6-4-12/h3-6,10,14H,7-9H2,1-2H3. The topological polar surface area (TPSA) is 61.2 Å². The molecule has 0 amide bonds. The molecule has 6 nitrogen and oxygen atoms in total. The fraction of sp³-hybridized carbons (Fsp3) is 0.385. The number of aromatic nitrogens is 3. The van der Waals surface area contributed by atoms with Gasteiger partial charge in [-0.2, -0.15) is 0 Å². The molecule has 0 spiro atoms. The van der Waals surface area contributed by atoms with Crippen LogP contribution in [0.5, 0.6) is 5.75 Å². The van der Waals surface area contributed by atoms with E-state index in [1.54, 1.807) is 18.9 Å². The zero-order chi connectivity index (χ0) is 13.5. The Hall–Kier alpha value is -1.92. The van der Waals surface area contributed by atoms with Crippen LogP contribution in [0.1, 0.15) is 5.69 Å². The van der Waals surface area contributed by atoms with Crippen molar-refractivity contribution in [1.82, 2.24) is 20.3 Å². The Labute approximate surface area is 112 Å². The zero-order valence-corrected chi connectivity index (χ0v) is 11.2. The van der Waals surface area contributed by atoms with Crippen molar-refractivity contribution >= 4 is 0 Å². The van der Waals surface area contributed by atoms with Gasteiger partial charge in [0.05, 0.1) is 31.3 Å².